The number of hydrogen-bond donors (Lipinski definition) is 0. The first kappa shape index (κ1) is 12.5. The van der Waals surface area contributed by atoms with E-state index in [2.05, 4.69) is 15.1 Å². The van der Waals surface area contributed by atoms with Gasteiger partial charge in [0.25, 0.3) is 0 Å². The van der Waals surface area contributed by atoms with Crippen molar-refractivity contribution >= 4 is 10.4 Å². The van der Waals surface area contributed by atoms with E-state index in [0.717, 1.165) is 0 Å². The first-order chi connectivity index (χ1) is 7.57. The third-order valence-electron chi connectivity index (χ3n) is 1.47. The Morgan fingerprint density at radius 1 is 1.25 bits per heavy atom. The fourth-order valence-electron chi connectivity index (χ4n) is 0.877. The Morgan fingerprint density at radius 3 is 2.31 bits per heavy atom. The molecule has 0 atom stereocenters. The second-order valence-corrected chi connectivity index (χ2v) is 3.73. The molecule has 0 aliphatic carbocycles. The topological polar surface area (TPSA) is 61.8 Å². The van der Waals surface area contributed by atoms with Gasteiger partial charge in [0.05, 0.1) is 0 Å². The quantitative estimate of drug-likeness (QED) is 0.718. The van der Waals surface area contributed by atoms with Gasteiger partial charge in [-0.2, -0.15) is 8.42 Å². The zero-order valence-corrected chi connectivity index (χ0v) is 8.94. The van der Waals surface area contributed by atoms with Crippen molar-refractivity contribution in [1.29, 1.82) is 0 Å². The average molecular weight is 248 g/mol. The van der Waals surface area contributed by atoms with Crippen molar-refractivity contribution in [2.75, 3.05) is 6.61 Å². The molecule has 0 spiro atoms. The van der Waals surface area contributed by atoms with E-state index in [1.807, 2.05) is 0 Å². The summed E-state index contributed by atoms with van der Waals surface area (Å²) in [4.78, 5) is 0. The van der Waals surface area contributed by atoms with Crippen LogP contribution in [-0.4, -0.2) is 15.0 Å². The molecule has 0 fully saturated rings. The van der Waals surface area contributed by atoms with Crippen LogP contribution in [0.15, 0.2) is 36.9 Å². The van der Waals surface area contributed by atoms with E-state index in [1.54, 1.807) is 6.08 Å². The SMILES string of the molecule is C=CCOc1ccc(OS(=O)(=O)OF)cc1. The largest absolute Gasteiger partial charge is 0.490 e. The fourth-order valence-corrected chi connectivity index (χ4v) is 1.25. The van der Waals surface area contributed by atoms with E-state index in [1.165, 1.54) is 24.3 Å². The summed E-state index contributed by atoms with van der Waals surface area (Å²) in [6, 6.07) is 5.53. The van der Waals surface area contributed by atoms with Gasteiger partial charge in [0.2, 0.25) is 0 Å². The summed E-state index contributed by atoms with van der Waals surface area (Å²) in [7, 11) is -4.63. The van der Waals surface area contributed by atoms with Gasteiger partial charge in [-0.15, -0.1) is 0 Å². The molecule has 0 amide bonds. The predicted octanol–water partition coefficient (Wildman–Crippen LogP) is 1.78. The van der Waals surface area contributed by atoms with E-state index in [4.69, 9.17) is 4.74 Å². The summed E-state index contributed by atoms with van der Waals surface area (Å²) in [5, 5.41) is 0. The second kappa shape index (κ2) is 5.47. The molecule has 0 bridgehead atoms. The van der Waals surface area contributed by atoms with Crippen molar-refractivity contribution in [2.45, 2.75) is 0 Å². The van der Waals surface area contributed by atoms with Crippen molar-refractivity contribution in [1.82, 2.24) is 0 Å². The molecule has 1 aromatic carbocycles. The highest BCUT2D eigenvalue weighted by molar-refractivity contribution is 7.82. The molecule has 88 valence electrons. The fraction of sp³-hybridized carbons (Fsp3) is 0.111. The smallest absolute Gasteiger partial charge is 0.480 e. The number of ether oxygens (including phenoxy) is 1. The van der Waals surface area contributed by atoms with E-state index >= 15 is 0 Å². The van der Waals surface area contributed by atoms with Gasteiger partial charge in [-0.1, -0.05) is 12.7 Å². The molecule has 0 saturated heterocycles. The Hall–Kier alpha value is -1.60. The number of rotatable bonds is 6. The minimum atomic E-state index is -4.63. The third kappa shape index (κ3) is 3.87. The summed E-state index contributed by atoms with van der Waals surface area (Å²) in [5.41, 5.74) is 0. The molecule has 0 aliphatic rings. The van der Waals surface area contributed by atoms with Crippen molar-refractivity contribution in [3.63, 3.8) is 0 Å². The Kier molecular flexibility index (Phi) is 4.27. The van der Waals surface area contributed by atoms with Gasteiger partial charge in [0.1, 0.15) is 18.1 Å². The maximum atomic E-state index is 11.5. The van der Waals surface area contributed by atoms with Gasteiger partial charge in [0.15, 0.2) is 0 Å². The van der Waals surface area contributed by atoms with Gasteiger partial charge in [0, 0.05) is 0 Å². The molecule has 0 aromatic heterocycles. The van der Waals surface area contributed by atoms with Crippen LogP contribution in [0.1, 0.15) is 0 Å². The maximum absolute atomic E-state index is 11.5. The molecule has 0 heterocycles. The molecule has 1 rings (SSSR count). The molecule has 0 N–H and O–H groups in total. The molecule has 0 saturated carbocycles. The van der Waals surface area contributed by atoms with Crippen molar-refractivity contribution in [3.8, 4) is 11.5 Å². The molecule has 7 heteroatoms. The van der Waals surface area contributed by atoms with Crippen LogP contribution in [0.3, 0.4) is 0 Å². The second-order valence-electron chi connectivity index (χ2n) is 2.63. The Bertz CT molecular complexity index is 439. The van der Waals surface area contributed by atoms with Gasteiger partial charge in [-0.25, -0.2) is 0 Å². The van der Waals surface area contributed by atoms with Crippen molar-refractivity contribution in [3.05, 3.63) is 36.9 Å². The summed E-state index contributed by atoms with van der Waals surface area (Å²) in [6.07, 6.45) is 1.56. The normalized spacial score (nSPS) is 10.8. The molecular weight excluding hydrogens is 239 g/mol. The van der Waals surface area contributed by atoms with Crippen LogP contribution in [-0.2, 0) is 14.8 Å². The van der Waals surface area contributed by atoms with Gasteiger partial charge in [-0.05, 0) is 33.2 Å². The summed E-state index contributed by atoms with van der Waals surface area (Å²) in [5.74, 6) is 0.425. The van der Waals surface area contributed by atoms with E-state index in [9.17, 15) is 12.9 Å². The molecular formula is C9H9FO5S. The number of hydrogen-bond acceptors (Lipinski definition) is 5. The highest BCUT2D eigenvalue weighted by atomic mass is 32.3. The van der Waals surface area contributed by atoms with Crippen LogP contribution in [0.5, 0.6) is 11.5 Å². The lowest BCUT2D eigenvalue weighted by atomic mass is 10.3. The lowest BCUT2D eigenvalue weighted by Crippen LogP contribution is -2.08. The van der Waals surface area contributed by atoms with Crippen molar-refractivity contribution < 1.29 is 26.3 Å². The molecule has 0 unspecified atom stereocenters. The van der Waals surface area contributed by atoms with E-state index in [-0.39, 0.29) is 5.75 Å². The lowest BCUT2D eigenvalue weighted by molar-refractivity contribution is -0.00947. The van der Waals surface area contributed by atoms with E-state index in [0.29, 0.717) is 12.4 Å². The third-order valence-corrected chi connectivity index (χ3v) is 2.02. The Balaban J connectivity index is 2.68. The van der Waals surface area contributed by atoms with Crippen LogP contribution < -0.4 is 8.92 Å². The van der Waals surface area contributed by atoms with Gasteiger partial charge in [-0.3, -0.25) is 0 Å². The average Bonchev–Trinajstić information content (AvgIpc) is 2.28. The summed E-state index contributed by atoms with van der Waals surface area (Å²) >= 11 is 0. The molecule has 0 radical (unpaired) electrons. The summed E-state index contributed by atoms with van der Waals surface area (Å²) < 4.78 is 44.6. The number of benzene rings is 1. The number of halogens is 1. The van der Waals surface area contributed by atoms with Gasteiger partial charge >= 0.3 is 10.4 Å². The van der Waals surface area contributed by atoms with E-state index < -0.39 is 10.4 Å². The Morgan fingerprint density at radius 2 is 1.81 bits per heavy atom. The zero-order chi connectivity index (χ0) is 12.0. The minimum Gasteiger partial charge on any atom is -0.490 e. The molecule has 0 aliphatic heterocycles. The van der Waals surface area contributed by atoms with Crippen LogP contribution in [0.25, 0.3) is 0 Å². The zero-order valence-electron chi connectivity index (χ0n) is 8.13. The molecule has 5 nitrogen and oxygen atoms in total. The maximum Gasteiger partial charge on any atom is 0.480 e. The standard InChI is InChI=1S/C9H9FO5S/c1-2-7-13-8-3-5-9(6-4-8)14-16(11,12)15-10/h2-6H,1,7H2. The Labute approximate surface area is 92.3 Å². The lowest BCUT2D eigenvalue weighted by Gasteiger charge is -2.04. The van der Waals surface area contributed by atoms with Crippen LogP contribution in [0.2, 0.25) is 0 Å². The first-order valence-electron chi connectivity index (χ1n) is 4.16. The highest BCUT2D eigenvalue weighted by Gasteiger charge is 2.13. The van der Waals surface area contributed by atoms with Crippen LogP contribution in [0.4, 0.5) is 4.53 Å². The first-order valence-corrected chi connectivity index (χ1v) is 5.49. The minimum absolute atomic E-state index is 0.0800. The van der Waals surface area contributed by atoms with Crippen LogP contribution >= 0.6 is 0 Å². The van der Waals surface area contributed by atoms with Crippen LogP contribution in [0, 0.1) is 0 Å². The predicted molar refractivity (Wildman–Crippen MR) is 53.9 cm³/mol. The van der Waals surface area contributed by atoms with Crippen molar-refractivity contribution in [2.24, 2.45) is 0 Å². The van der Waals surface area contributed by atoms with Gasteiger partial charge < -0.3 is 8.92 Å². The monoisotopic (exact) mass is 248 g/mol. The highest BCUT2D eigenvalue weighted by Crippen LogP contribution is 2.19. The summed E-state index contributed by atoms with van der Waals surface area (Å²) in [6.45, 7) is 3.79. The molecule has 16 heavy (non-hydrogen) atoms. The molecule has 1 aromatic rings.